The van der Waals surface area contributed by atoms with Crippen molar-refractivity contribution >= 4 is 92.1 Å². The van der Waals surface area contributed by atoms with E-state index >= 15 is 26.3 Å². The van der Waals surface area contributed by atoms with Crippen molar-refractivity contribution in [2.75, 3.05) is 9.80 Å². The fourth-order valence-electron chi connectivity index (χ4n) is 15.8. The Balaban J connectivity index is 1.09. The maximum Gasteiger partial charge on any atom is 0.416 e. The van der Waals surface area contributed by atoms with Gasteiger partial charge in [0.25, 0.3) is 0 Å². The van der Waals surface area contributed by atoms with Crippen LogP contribution >= 0.6 is 0 Å². The lowest BCUT2D eigenvalue weighted by Crippen LogP contribution is -2.56. The number of nitrogens with zero attached hydrogens (tertiary/aromatic N) is 2. The number of hydrogen-bond donors (Lipinski definition) is 0. The Morgan fingerprint density at radius 1 is 0.427 bits per heavy atom. The molecule has 2 atom stereocenters. The molecular weight excluding hydrogens is 1030 g/mol. The van der Waals surface area contributed by atoms with Crippen molar-refractivity contribution in [3.63, 3.8) is 0 Å². The normalized spacial score (nSPS) is 17.3. The molecule has 0 saturated heterocycles. The van der Waals surface area contributed by atoms with Gasteiger partial charge >= 0.3 is 12.4 Å². The van der Waals surface area contributed by atoms with Crippen molar-refractivity contribution in [2.45, 2.75) is 59.8 Å². The molecule has 4 aliphatic heterocycles. The summed E-state index contributed by atoms with van der Waals surface area (Å²) in [4.78, 5) is 4.06. The fraction of sp³-hybridized carbons (Fsp3) is 0.139. The van der Waals surface area contributed by atoms with Crippen LogP contribution in [0.5, 0.6) is 0 Å². The summed E-state index contributed by atoms with van der Waals surface area (Å²) in [5.74, 6) is -0.617. The average Bonchev–Trinajstić information content (AvgIpc) is 0.716. The monoisotopic (exact) mass is 1080 g/mol. The second-order valence-corrected chi connectivity index (χ2v) is 23.6. The second kappa shape index (κ2) is 16.9. The van der Waals surface area contributed by atoms with E-state index < -0.39 is 30.2 Å². The predicted octanol–water partition coefficient (Wildman–Crippen LogP) is 16.8. The Labute approximate surface area is 473 Å². The third-order valence-electron chi connectivity index (χ3n) is 18.8. The lowest BCUT2D eigenvalue weighted by Gasteiger charge is -2.51. The van der Waals surface area contributed by atoms with Crippen LogP contribution in [0.4, 0.5) is 60.5 Å². The molecule has 0 spiro atoms. The number of halogens is 6. The molecule has 82 heavy (non-hydrogen) atoms. The molecule has 3 aliphatic carbocycles. The van der Waals surface area contributed by atoms with Crippen LogP contribution in [0.2, 0.25) is 0 Å². The first-order chi connectivity index (χ1) is 39.4. The van der Waals surface area contributed by atoms with E-state index in [9.17, 15) is 0 Å². The second-order valence-electron chi connectivity index (χ2n) is 23.6. The molecule has 0 fully saturated rings. The van der Waals surface area contributed by atoms with Crippen LogP contribution in [0.1, 0.15) is 78.2 Å². The van der Waals surface area contributed by atoms with E-state index in [1.54, 1.807) is 41.3 Å². The van der Waals surface area contributed by atoms with Gasteiger partial charge in [-0.3, -0.25) is 0 Å². The molecule has 0 radical (unpaired) electrons. The van der Waals surface area contributed by atoms with E-state index in [0.717, 1.165) is 124 Å². The van der Waals surface area contributed by atoms with Gasteiger partial charge in [-0.25, -0.2) is 0 Å². The molecular formula is C72H50B2F6N2. The Hall–Kier alpha value is -8.75. The standard InChI is InChI=1S/C72H50B2F6N2/c1-37-23-25-55-59(28-37)81(45-19-9-7-10-20-45)61-29-38(2)27-53-49-33-47(63-39(3)15-13-16-40(63)4)51-36-58-66-50(34-48(64-41(5)17-14-18-42(64)6)52-35-57(73(55)69(53)61)65(49)67(51)68(52)66)54-30-44(72(78,79)80)32-62-70(54)74(58)56-26-24-43(71(75,76)77)31-60(56)82(62)46-21-11-8-12-22-46/h7-36,51,67H,1-6H3. The van der Waals surface area contributed by atoms with Gasteiger partial charge in [-0.05, 0) is 230 Å². The summed E-state index contributed by atoms with van der Waals surface area (Å²) >= 11 is 0. The molecule has 16 rings (SSSR count). The van der Waals surface area contributed by atoms with E-state index in [0.29, 0.717) is 27.7 Å². The maximum atomic E-state index is 15.9. The molecule has 2 unspecified atom stereocenters. The summed E-state index contributed by atoms with van der Waals surface area (Å²) in [6, 6.07) is 52.2. The van der Waals surface area contributed by atoms with Crippen molar-refractivity contribution in [1.29, 1.82) is 0 Å². The molecule has 2 nitrogen and oxygen atoms in total. The summed E-state index contributed by atoms with van der Waals surface area (Å²) in [7, 11) is 0. The van der Waals surface area contributed by atoms with E-state index in [2.05, 4.69) is 168 Å². The van der Waals surface area contributed by atoms with Crippen LogP contribution in [-0.2, 0) is 12.4 Å². The number of rotatable bonds is 4. The zero-order chi connectivity index (χ0) is 56.2. The molecule has 9 aromatic carbocycles. The molecule has 0 aromatic heterocycles. The van der Waals surface area contributed by atoms with Gasteiger partial charge in [-0.1, -0.05) is 126 Å². The van der Waals surface area contributed by atoms with Crippen LogP contribution in [0.3, 0.4) is 0 Å². The Bertz CT molecular complexity index is 4480. The van der Waals surface area contributed by atoms with Gasteiger partial charge in [0.2, 0.25) is 13.4 Å². The predicted molar refractivity (Wildman–Crippen MR) is 325 cm³/mol. The largest absolute Gasteiger partial charge is 0.416 e. The molecule has 0 amide bonds. The molecule has 9 aromatic rings. The molecule has 396 valence electrons. The highest BCUT2D eigenvalue weighted by molar-refractivity contribution is 7.03. The van der Waals surface area contributed by atoms with E-state index in [-0.39, 0.29) is 29.9 Å². The van der Waals surface area contributed by atoms with Gasteiger partial charge in [0, 0.05) is 46.0 Å². The fourth-order valence-corrected chi connectivity index (χ4v) is 15.8. The highest BCUT2D eigenvalue weighted by Crippen LogP contribution is 2.64. The topological polar surface area (TPSA) is 6.48 Å². The number of fused-ring (bicyclic) bond motifs is 8. The smallest absolute Gasteiger partial charge is 0.311 e. The zero-order valence-electron chi connectivity index (χ0n) is 45.8. The van der Waals surface area contributed by atoms with Gasteiger partial charge < -0.3 is 9.80 Å². The quantitative estimate of drug-likeness (QED) is 0.128. The number of hydrogen-bond acceptors (Lipinski definition) is 2. The average molecular weight is 1080 g/mol. The maximum absolute atomic E-state index is 15.9. The van der Waals surface area contributed by atoms with Gasteiger partial charge in [0.15, 0.2) is 0 Å². The first kappa shape index (κ1) is 49.1. The summed E-state index contributed by atoms with van der Waals surface area (Å²) in [6.45, 7) is 12.0. The SMILES string of the molecule is Cc1ccc2c(c1)N(c1ccccc1)c1cc(C)cc3c1B2C1=Cc2c(-c4c(C)cccc4C)cc4c5c2C2C1=C3C=C(c1c(C)cccc1C)C2C=C5B1c2ccc(C(F)(F)F)cc2N(c2ccccc2)c2cc(C(F)(F)F)cc-4c21. The lowest BCUT2D eigenvalue weighted by atomic mass is 9.27. The van der Waals surface area contributed by atoms with Crippen LogP contribution in [0.25, 0.3) is 44.9 Å². The zero-order valence-corrected chi connectivity index (χ0v) is 45.8. The third kappa shape index (κ3) is 6.69. The highest BCUT2D eigenvalue weighted by atomic mass is 19.4. The Morgan fingerprint density at radius 3 is 1.61 bits per heavy atom. The number of anilines is 6. The van der Waals surface area contributed by atoms with Crippen molar-refractivity contribution in [3.8, 4) is 22.3 Å². The summed E-state index contributed by atoms with van der Waals surface area (Å²) in [6.07, 6.45) is -2.25. The molecule has 7 aliphatic rings. The minimum absolute atomic E-state index is 0.189. The number of aryl methyl sites for hydroxylation is 6. The van der Waals surface area contributed by atoms with Crippen LogP contribution < -0.4 is 31.7 Å². The van der Waals surface area contributed by atoms with Crippen molar-refractivity contribution in [1.82, 2.24) is 0 Å². The number of para-hydroxylation sites is 2. The molecule has 0 N–H and O–H groups in total. The van der Waals surface area contributed by atoms with Crippen molar-refractivity contribution < 1.29 is 26.3 Å². The van der Waals surface area contributed by atoms with E-state index in [4.69, 9.17) is 0 Å². The first-order valence-electron chi connectivity index (χ1n) is 28.1. The number of allylic oxidation sites excluding steroid dienone is 6. The van der Waals surface area contributed by atoms with Crippen LogP contribution in [0, 0.1) is 47.5 Å². The summed E-state index contributed by atoms with van der Waals surface area (Å²) in [5, 5.41) is 0. The first-order valence-corrected chi connectivity index (χ1v) is 28.1. The molecule has 4 heterocycles. The summed E-state index contributed by atoms with van der Waals surface area (Å²) in [5.41, 5.74) is 26.6. The Kier molecular flexibility index (Phi) is 10.1. The minimum Gasteiger partial charge on any atom is -0.311 e. The van der Waals surface area contributed by atoms with Crippen molar-refractivity contribution in [3.05, 3.63) is 259 Å². The van der Waals surface area contributed by atoms with Gasteiger partial charge in [-0.15, -0.1) is 0 Å². The number of benzene rings is 9. The molecule has 10 heteroatoms. The molecule has 0 bridgehead atoms. The minimum atomic E-state index is -4.80. The summed E-state index contributed by atoms with van der Waals surface area (Å²) < 4.78 is 93.2. The lowest BCUT2D eigenvalue weighted by molar-refractivity contribution is -0.138. The van der Waals surface area contributed by atoms with Crippen LogP contribution in [0.15, 0.2) is 187 Å². The van der Waals surface area contributed by atoms with Gasteiger partial charge in [0.05, 0.1) is 11.1 Å². The molecule has 0 saturated carbocycles. The van der Waals surface area contributed by atoms with E-state index in [1.165, 1.54) is 28.0 Å². The van der Waals surface area contributed by atoms with E-state index in [1.807, 2.05) is 0 Å². The Morgan fingerprint density at radius 2 is 0.976 bits per heavy atom. The van der Waals surface area contributed by atoms with Gasteiger partial charge in [-0.2, -0.15) is 26.3 Å². The third-order valence-corrected chi connectivity index (χ3v) is 18.8. The number of alkyl halides is 6. The van der Waals surface area contributed by atoms with Gasteiger partial charge in [0.1, 0.15) is 0 Å². The van der Waals surface area contributed by atoms with Crippen LogP contribution in [-0.4, -0.2) is 13.4 Å². The van der Waals surface area contributed by atoms with Crippen molar-refractivity contribution in [2.24, 2.45) is 5.92 Å². The highest BCUT2D eigenvalue weighted by Gasteiger charge is 2.55.